The zero-order valence-corrected chi connectivity index (χ0v) is 18.5. The number of hydrogen-bond acceptors (Lipinski definition) is 7. The summed E-state index contributed by atoms with van der Waals surface area (Å²) >= 11 is 7.36. The van der Waals surface area contributed by atoms with Crippen LogP contribution >= 0.6 is 22.9 Å². The molecule has 0 saturated heterocycles. The summed E-state index contributed by atoms with van der Waals surface area (Å²) in [6.45, 7) is 0. The molecule has 2 aromatic heterocycles. The minimum absolute atomic E-state index is 0.0421. The van der Waals surface area contributed by atoms with Gasteiger partial charge in [0.05, 0.1) is 30.5 Å². The number of ether oxygens (including phenoxy) is 2. The van der Waals surface area contributed by atoms with Crippen LogP contribution in [-0.4, -0.2) is 34.3 Å². The molecule has 4 aromatic rings. The zero-order chi connectivity index (χ0) is 22.8. The molecule has 0 aliphatic carbocycles. The summed E-state index contributed by atoms with van der Waals surface area (Å²) in [5.74, 6) is 0.727. The van der Waals surface area contributed by atoms with Crippen molar-refractivity contribution in [2.75, 3.05) is 14.2 Å². The third-order valence-corrected chi connectivity index (χ3v) is 5.85. The Labute approximate surface area is 191 Å². The number of nitro groups is 1. The highest BCUT2D eigenvalue weighted by atomic mass is 35.5. The Hall–Kier alpha value is -3.69. The van der Waals surface area contributed by atoms with Gasteiger partial charge in [0.25, 0.3) is 5.69 Å². The Morgan fingerprint density at radius 2 is 1.97 bits per heavy atom. The number of benzene rings is 2. The molecule has 8 nitrogen and oxygen atoms in total. The lowest BCUT2D eigenvalue weighted by atomic mass is 10.1. The summed E-state index contributed by atoms with van der Waals surface area (Å²) < 4.78 is 12.3. The van der Waals surface area contributed by atoms with E-state index in [1.54, 1.807) is 30.3 Å². The molecule has 0 aliphatic heterocycles. The fourth-order valence-corrected chi connectivity index (χ4v) is 4.12. The lowest BCUT2D eigenvalue weighted by Crippen LogP contribution is -1.98. The summed E-state index contributed by atoms with van der Waals surface area (Å²) in [5, 5.41) is 13.2. The Morgan fingerprint density at radius 1 is 1.19 bits per heavy atom. The lowest BCUT2D eigenvalue weighted by molar-refractivity contribution is -0.384. The van der Waals surface area contributed by atoms with E-state index in [4.69, 9.17) is 21.1 Å². The van der Waals surface area contributed by atoms with Crippen molar-refractivity contribution >= 4 is 45.4 Å². The predicted molar refractivity (Wildman–Crippen MR) is 123 cm³/mol. The number of hydrogen-bond donors (Lipinski definition) is 0. The molecule has 162 valence electrons. The van der Waals surface area contributed by atoms with Gasteiger partial charge in [-0.05, 0) is 36.4 Å². The standard InChI is InChI=1S/C22H16ClN3O5S/c1-30-19-8-4-13(12-20(19)31-2)18(27)7-6-16-21(24-22-25(16)9-10-32-22)14-3-5-15(23)17(11-14)26(28)29/h3-12H,1-2H3/b7-6+. The molecule has 4 rings (SSSR count). The van der Waals surface area contributed by atoms with Crippen molar-refractivity contribution in [3.05, 3.63) is 80.4 Å². The molecule has 0 aliphatic rings. The summed E-state index contributed by atoms with van der Waals surface area (Å²) in [6.07, 6.45) is 4.89. The number of carbonyl (C=O) groups is 1. The smallest absolute Gasteiger partial charge is 0.288 e. The van der Waals surface area contributed by atoms with Crippen LogP contribution in [0.5, 0.6) is 11.5 Å². The van der Waals surface area contributed by atoms with Crippen LogP contribution in [0.1, 0.15) is 16.1 Å². The number of aromatic nitrogens is 2. The monoisotopic (exact) mass is 469 g/mol. The molecular weight excluding hydrogens is 454 g/mol. The lowest BCUT2D eigenvalue weighted by Gasteiger charge is -2.08. The molecule has 0 spiro atoms. The van der Waals surface area contributed by atoms with Gasteiger partial charge >= 0.3 is 0 Å². The van der Waals surface area contributed by atoms with Gasteiger partial charge in [-0.15, -0.1) is 11.3 Å². The predicted octanol–water partition coefficient (Wildman–Crippen LogP) is 5.54. The molecule has 0 unspecified atom stereocenters. The normalized spacial score (nSPS) is 11.2. The highest BCUT2D eigenvalue weighted by Crippen LogP contribution is 2.33. The number of ketones is 1. The van der Waals surface area contributed by atoms with E-state index in [0.29, 0.717) is 39.0 Å². The number of thiazole rings is 1. The van der Waals surface area contributed by atoms with E-state index in [-0.39, 0.29) is 16.5 Å². The van der Waals surface area contributed by atoms with Crippen molar-refractivity contribution in [2.45, 2.75) is 0 Å². The molecule has 10 heteroatoms. The van der Waals surface area contributed by atoms with Crippen LogP contribution in [0.15, 0.2) is 54.1 Å². The third kappa shape index (κ3) is 3.95. The van der Waals surface area contributed by atoms with Gasteiger partial charge in [0.15, 0.2) is 22.2 Å². The van der Waals surface area contributed by atoms with Gasteiger partial charge in [-0.3, -0.25) is 19.3 Å². The maximum absolute atomic E-state index is 12.8. The van der Waals surface area contributed by atoms with Gasteiger partial charge in [-0.25, -0.2) is 4.98 Å². The molecule has 0 bridgehead atoms. The fourth-order valence-electron chi connectivity index (χ4n) is 3.22. The number of carbonyl (C=O) groups excluding carboxylic acids is 1. The van der Waals surface area contributed by atoms with Gasteiger partial charge in [-0.1, -0.05) is 17.7 Å². The molecule has 0 N–H and O–H groups in total. The van der Waals surface area contributed by atoms with Crippen LogP contribution in [0.4, 0.5) is 5.69 Å². The molecule has 0 radical (unpaired) electrons. The van der Waals surface area contributed by atoms with E-state index in [1.807, 2.05) is 16.0 Å². The van der Waals surface area contributed by atoms with Crippen LogP contribution in [0.3, 0.4) is 0 Å². The number of allylic oxidation sites excluding steroid dienone is 1. The van der Waals surface area contributed by atoms with Crippen LogP contribution in [0.25, 0.3) is 22.3 Å². The molecule has 2 heterocycles. The number of methoxy groups -OCH3 is 2. The van der Waals surface area contributed by atoms with Crippen LogP contribution < -0.4 is 9.47 Å². The topological polar surface area (TPSA) is 96.0 Å². The fraction of sp³-hybridized carbons (Fsp3) is 0.0909. The minimum Gasteiger partial charge on any atom is -0.493 e. The second-order valence-electron chi connectivity index (χ2n) is 6.59. The number of nitrogens with zero attached hydrogens (tertiary/aromatic N) is 3. The molecule has 0 saturated carbocycles. The minimum atomic E-state index is -0.541. The highest BCUT2D eigenvalue weighted by molar-refractivity contribution is 7.15. The second kappa shape index (κ2) is 8.81. The summed E-state index contributed by atoms with van der Waals surface area (Å²) in [4.78, 5) is 28.8. The first-order chi connectivity index (χ1) is 15.4. The van der Waals surface area contributed by atoms with Gasteiger partial charge in [-0.2, -0.15) is 0 Å². The van der Waals surface area contributed by atoms with E-state index < -0.39 is 4.92 Å². The number of halogens is 1. The van der Waals surface area contributed by atoms with Crippen LogP contribution in [0, 0.1) is 10.1 Å². The van der Waals surface area contributed by atoms with Crippen molar-refractivity contribution in [1.29, 1.82) is 0 Å². The second-order valence-corrected chi connectivity index (χ2v) is 7.87. The van der Waals surface area contributed by atoms with Crippen molar-refractivity contribution < 1.29 is 19.2 Å². The average molecular weight is 470 g/mol. The SMILES string of the molecule is COc1ccc(C(=O)/C=C/c2c(-c3ccc(Cl)c([N+](=O)[O-])c3)nc3sccn23)cc1OC. The third-order valence-electron chi connectivity index (χ3n) is 4.78. The highest BCUT2D eigenvalue weighted by Gasteiger charge is 2.19. The van der Waals surface area contributed by atoms with Crippen molar-refractivity contribution in [2.24, 2.45) is 0 Å². The molecule has 32 heavy (non-hydrogen) atoms. The summed E-state index contributed by atoms with van der Waals surface area (Å²) in [7, 11) is 3.02. The number of imidazole rings is 1. The molecule has 2 aromatic carbocycles. The van der Waals surface area contributed by atoms with Crippen molar-refractivity contribution in [3.63, 3.8) is 0 Å². The summed E-state index contributed by atoms with van der Waals surface area (Å²) in [6, 6.07) is 9.41. The Morgan fingerprint density at radius 3 is 2.69 bits per heavy atom. The summed E-state index contributed by atoms with van der Waals surface area (Å²) in [5.41, 5.74) is 1.86. The van der Waals surface area contributed by atoms with Crippen molar-refractivity contribution in [1.82, 2.24) is 9.38 Å². The van der Waals surface area contributed by atoms with E-state index >= 15 is 0 Å². The van der Waals surface area contributed by atoms with Gasteiger partial charge in [0, 0.05) is 28.8 Å². The quantitative estimate of drug-likeness (QED) is 0.153. The molecule has 0 amide bonds. The van der Waals surface area contributed by atoms with E-state index in [0.717, 1.165) is 0 Å². The van der Waals surface area contributed by atoms with Gasteiger partial charge in [0.2, 0.25) is 0 Å². The first-order valence-corrected chi connectivity index (χ1v) is 10.5. The largest absolute Gasteiger partial charge is 0.493 e. The number of nitro benzene ring substituents is 1. The van der Waals surface area contributed by atoms with E-state index in [9.17, 15) is 14.9 Å². The van der Waals surface area contributed by atoms with Crippen LogP contribution in [-0.2, 0) is 0 Å². The first-order valence-electron chi connectivity index (χ1n) is 9.27. The average Bonchev–Trinajstić information content (AvgIpc) is 3.38. The maximum Gasteiger partial charge on any atom is 0.288 e. The van der Waals surface area contributed by atoms with Crippen LogP contribution in [0.2, 0.25) is 5.02 Å². The Kier molecular flexibility index (Phi) is 5.93. The van der Waals surface area contributed by atoms with Gasteiger partial charge < -0.3 is 9.47 Å². The molecular formula is C22H16ClN3O5S. The number of rotatable bonds is 7. The number of fused-ring (bicyclic) bond motifs is 1. The first kappa shape index (κ1) is 21.5. The molecule has 0 atom stereocenters. The molecule has 0 fully saturated rings. The van der Waals surface area contributed by atoms with E-state index in [2.05, 4.69) is 4.98 Å². The Bertz CT molecular complexity index is 1380. The zero-order valence-electron chi connectivity index (χ0n) is 16.9. The van der Waals surface area contributed by atoms with E-state index in [1.165, 1.54) is 43.8 Å². The maximum atomic E-state index is 12.8. The van der Waals surface area contributed by atoms with Gasteiger partial charge in [0.1, 0.15) is 5.02 Å². The Balaban J connectivity index is 1.75. The van der Waals surface area contributed by atoms with Crippen molar-refractivity contribution in [3.8, 4) is 22.8 Å².